The Labute approximate surface area is 117 Å². The summed E-state index contributed by atoms with van der Waals surface area (Å²) in [6.07, 6.45) is 4.46. The number of carbonyl (C=O) groups excluding carboxylic acids is 2. The van der Waals surface area contributed by atoms with Crippen LogP contribution in [0.5, 0.6) is 0 Å². The minimum Gasteiger partial charge on any atom is -0.341 e. The van der Waals surface area contributed by atoms with Crippen LogP contribution in [-0.4, -0.2) is 30.5 Å². The first kappa shape index (κ1) is 15.3. The van der Waals surface area contributed by atoms with Crippen molar-refractivity contribution in [3.05, 3.63) is 42.0 Å². The molecule has 1 aromatic carbocycles. The molecular weight excluding hydrogens is 260 g/mol. The zero-order chi connectivity index (χ0) is 13.9. The van der Waals surface area contributed by atoms with Gasteiger partial charge in [0.15, 0.2) is 0 Å². The zero-order valence-corrected chi connectivity index (χ0v) is 11.7. The van der Waals surface area contributed by atoms with Crippen LogP contribution in [0.3, 0.4) is 0 Å². The molecule has 0 aliphatic carbocycles. The third kappa shape index (κ3) is 7.31. The van der Waals surface area contributed by atoms with Crippen molar-refractivity contribution in [1.29, 1.82) is 0 Å². The first-order valence-electron chi connectivity index (χ1n) is 6.03. The average Bonchev–Trinajstić information content (AvgIpc) is 2.43. The molecule has 102 valence electrons. The largest absolute Gasteiger partial charge is 0.341 e. The van der Waals surface area contributed by atoms with E-state index >= 15 is 0 Å². The number of imide groups is 1. The molecule has 0 aliphatic rings. The van der Waals surface area contributed by atoms with Crippen LogP contribution in [0.25, 0.3) is 6.08 Å². The molecule has 0 atom stereocenters. The lowest BCUT2D eigenvalue weighted by Crippen LogP contribution is -2.37. The lowest BCUT2D eigenvalue weighted by Gasteiger charge is -2.02. The average molecular weight is 278 g/mol. The highest BCUT2D eigenvalue weighted by Gasteiger charge is 2.04. The number of hydrogen-bond donors (Lipinski definition) is 2. The lowest BCUT2D eigenvalue weighted by molar-refractivity contribution is -0.119. The molecule has 0 saturated carbocycles. The van der Waals surface area contributed by atoms with E-state index in [0.717, 1.165) is 5.75 Å². The van der Waals surface area contributed by atoms with E-state index in [1.807, 2.05) is 30.3 Å². The molecule has 3 amide bonds. The predicted molar refractivity (Wildman–Crippen MR) is 80.0 cm³/mol. The number of rotatable bonds is 6. The van der Waals surface area contributed by atoms with E-state index < -0.39 is 6.03 Å². The maximum Gasteiger partial charge on any atom is 0.321 e. The van der Waals surface area contributed by atoms with Gasteiger partial charge in [0.2, 0.25) is 5.91 Å². The molecule has 5 heteroatoms. The van der Waals surface area contributed by atoms with Crippen LogP contribution in [0.4, 0.5) is 4.79 Å². The van der Waals surface area contributed by atoms with Crippen LogP contribution in [0.2, 0.25) is 0 Å². The molecule has 19 heavy (non-hydrogen) atoms. The molecule has 2 N–H and O–H groups in total. The monoisotopic (exact) mass is 278 g/mol. The smallest absolute Gasteiger partial charge is 0.321 e. The van der Waals surface area contributed by atoms with Crippen LogP contribution >= 0.6 is 11.8 Å². The van der Waals surface area contributed by atoms with Gasteiger partial charge in [-0.05, 0) is 5.56 Å². The molecule has 4 nitrogen and oxygen atoms in total. The van der Waals surface area contributed by atoms with E-state index in [-0.39, 0.29) is 5.91 Å². The third-order valence-corrected chi connectivity index (χ3v) is 3.20. The number of hydrogen-bond acceptors (Lipinski definition) is 3. The molecule has 0 aromatic heterocycles. The molecule has 0 fully saturated rings. The highest BCUT2D eigenvalue weighted by molar-refractivity contribution is 7.99. The van der Waals surface area contributed by atoms with E-state index in [1.165, 1.54) is 12.6 Å². The summed E-state index contributed by atoms with van der Waals surface area (Å²) in [5.74, 6) is 1.29. The summed E-state index contributed by atoms with van der Waals surface area (Å²) in [5.41, 5.74) is 1.17. The summed E-state index contributed by atoms with van der Waals surface area (Å²) >= 11 is 1.66. The lowest BCUT2D eigenvalue weighted by atomic mass is 10.2. The van der Waals surface area contributed by atoms with Gasteiger partial charge in [-0.15, -0.1) is 0 Å². The van der Waals surface area contributed by atoms with Crippen molar-refractivity contribution in [1.82, 2.24) is 10.6 Å². The van der Waals surface area contributed by atoms with Crippen LogP contribution in [0, 0.1) is 0 Å². The van der Waals surface area contributed by atoms with Crippen molar-refractivity contribution < 1.29 is 9.59 Å². The summed E-state index contributed by atoms with van der Waals surface area (Å²) in [6.45, 7) is 0. The van der Waals surface area contributed by atoms with Crippen LogP contribution in [0.15, 0.2) is 36.4 Å². The Balaban J connectivity index is 2.10. The van der Waals surface area contributed by atoms with Gasteiger partial charge in [0, 0.05) is 25.0 Å². The second kappa shape index (κ2) is 9.22. The van der Waals surface area contributed by atoms with Gasteiger partial charge in [-0.2, -0.15) is 11.8 Å². The fourth-order valence-corrected chi connectivity index (χ4v) is 2.04. The number of thioether (sulfide) groups is 1. The minimum absolute atomic E-state index is 0.251. The van der Waals surface area contributed by atoms with Gasteiger partial charge in [0.05, 0.1) is 0 Å². The van der Waals surface area contributed by atoms with Crippen molar-refractivity contribution in [2.45, 2.75) is 6.42 Å². The van der Waals surface area contributed by atoms with Crippen molar-refractivity contribution in [3.63, 3.8) is 0 Å². The third-order valence-electron chi connectivity index (χ3n) is 2.28. The first-order chi connectivity index (χ1) is 9.22. The highest BCUT2D eigenvalue weighted by atomic mass is 32.2. The van der Waals surface area contributed by atoms with Crippen LogP contribution in [0.1, 0.15) is 12.0 Å². The molecule has 0 radical (unpaired) electrons. The zero-order valence-electron chi connectivity index (χ0n) is 10.9. The molecule has 0 spiro atoms. The highest BCUT2D eigenvalue weighted by Crippen LogP contribution is 2.06. The number of urea groups is 1. The maximum atomic E-state index is 11.3. The Kier molecular flexibility index (Phi) is 7.43. The standard InChI is InChI=1S/C14H18N2O2S/c1-15-14(18)16-13(17)9-11-19-10-5-8-12-6-3-2-4-7-12/h2-8H,9-11H2,1H3,(H2,15,16,17,18)/b8-5+. The fourth-order valence-electron chi connectivity index (χ4n) is 1.32. The summed E-state index contributed by atoms with van der Waals surface area (Å²) in [7, 11) is 1.48. The fraction of sp³-hybridized carbons (Fsp3) is 0.286. The van der Waals surface area contributed by atoms with Gasteiger partial charge < -0.3 is 5.32 Å². The second-order valence-corrected chi connectivity index (χ2v) is 4.92. The second-order valence-electron chi connectivity index (χ2n) is 3.77. The van der Waals surface area contributed by atoms with Gasteiger partial charge in [-0.3, -0.25) is 10.1 Å². The normalized spacial score (nSPS) is 10.4. The van der Waals surface area contributed by atoms with Gasteiger partial charge in [-0.25, -0.2) is 4.79 Å². The Morgan fingerprint density at radius 2 is 2.00 bits per heavy atom. The van der Waals surface area contributed by atoms with E-state index in [0.29, 0.717) is 12.2 Å². The Morgan fingerprint density at radius 1 is 1.26 bits per heavy atom. The molecule has 0 aliphatic heterocycles. The van der Waals surface area contributed by atoms with Crippen LogP contribution < -0.4 is 10.6 Å². The predicted octanol–water partition coefficient (Wildman–Crippen LogP) is 2.28. The van der Waals surface area contributed by atoms with Crippen molar-refractivity contribution >= 4 is 29.8 Å². The molecule has 1 rings (SSSR count). The maximum absolute atomic E-state index is 11.3. The van der Waals surface area contributed by atoms with Gasteiger partial charge >= 0.3 is 6.03 Å². The molecule has 0 heterocycles. The molecule has 0 saturated heterocycles. The topological polar surface area (TPSA) is 58.2 Å². The number of nitrogens with one attached hydrogen (secondary N) is 2. The number of benzene rings is 1. The Hall–Kier alpha value is -1.75. The van der Waals surface area contributed by atoms with E-state index in [1.54, 1.807) is 11.8 Å². The molecular formula is C14H18N2O2S. The van der Waals surface area contributed by atoms with Crippen LogP contribution in [-0.2, 0) is 4.79 Å². The number of carbonyl (C=O) groups is 2. The molecule has 0 unspecified atom stereocenters. The SMILES string of the molecule is CNC(=O)NC(=O)CCSC/C=C/c1ccccc1. The quantitative estimate of drug-likeness (QED) is 0.785. The van der Waals surface area contributed by atoms with E-state index in [9.17, 15) is 9.59 Å². The Morgan fingerprint density at radius 3 is 2.68 bits per heavy atom. The first-order valence-corrected chi connectivity index (χ1v) is 7.18. The van der Waals surface area contributed by atoms with Crippen molar-refractivity contribution in [2.75, 3.05) is 18.6 Å². The summed E-state index contributed by atoms with van der Waals surface area (Å²) < 4.78 is 0. The van der Waals surface area contributed by atoms with Gasteiger partial charge in [-0.1, -0.05) is 42.5 Å². The molecule has 1 aromatic rings. The summed E-state index contributed by atoms with van der Waals surface area (Å²) in [5, 5.41) is 4.56. The summed E-state index contributed by atoms with van der Waals surface area (Å²) in [6, 6.07) is 9.60. The molecule has 0 bridgehead atoms. The summed E-state index contributed by atoms with van der Waals surface area (Å²) in [4.78, 5) is 22.1. The van der Waals surface area contributed by atoms with E-state index in [4.69, 9.17) is 0 Å². The number of amides is 3. The van der Waals surface area contributed by atoms with Crippen molar-refractivity contribution in [3.8, 4) is 0 Å². The minimum atomic E-state index is -0.459. The van der Waals surface area contributed by atoms with E-state index in [2.05, 4.69) is 22.8 Å². The van der Waals surface area contributed by atoms with Gasteiger partial charge in [0.1, 0.15) is 0 Å². The van der Waals surface area contributed by atoms with Gasteiger partial charge in [0.25, 0.3) is 0 Å². The van der Waals surface area contributed by atoms with Crippen molar-refractivity contribution in [2.24, 2.45) is 0 Å². The Bertz CT molecular complexity index is 432.